The number of ether oxygens (including phenoxy) is 2. The summed E-state index contributed by atoms with van der Waals surface area (Å²) in [7, 11) is 1.65. The molecule has 1 unspecified atom stereocenters. The first-order valence-corrected chi connectivity index (χ1v) is 4.65. The largest absolute Gasteiger partial charge is 2.00 e. The molecule has 0 heterocycles. The normalized spacial score (nSPS) is 11.4. The molecule has 0 rings (SSSR count). The molecule has 0 aromatic carbocycles. The minimum Gasteiger partial charge on any atom is -1.00 e. The van der Waals surface area contributed by atoms with Crippen molar-refractivity contribution in [2.75, 3.05) is 20.5 Å². The van der Waals surface area contributed by atoms with Crippen molar-refractivity contribution in [1.29, 1.82) is 0 Å². The van der Waals surface area contributed by atoms with Crippen molar-refractivity contribution in [3.05, 3.63) is 6.42 Å². The summed E-state index contributed by atoms with van der Waals surface area (Å²) in [5.41, 5.74) is 0. The van der Waals surface area contributed by atoms with Crippen molar-refractivity contribution in [3.8, 4) is 0 Å². The summed E-state index contributed by atoms with van der Waals surface area (Å²) < 4.78 is 9.95. The maximum Gasteiger partial charge on any atom is 2.00 e. The van der Waals surface area contributed by atoms with E-state index in [2.05, 4.69) is 20.3 Å². The zero-order chi connectivity index (χ0) is 9.23. The van der Waals surface area contributed by atoms with Gasteiger partial charge in [-0.3, -0.25) is 0 Å². The Morgan fingerprint density at radius 2 is 2.00 bits per heavy atom. The molecule has 0 fully saturated rings. The van der Waals surface area contributed by atoms with E-state index >= 15 is 0 Å². The van der Waals surface area contributed by atoms with Gasteiger partial charge in [0.05, 0.1) is 0 Å². The van der Waals surface area contributed by atoms with E-state index in [0.29, 0.717) is 6.79 Å². The fourth-order valence-electron chi connectivity index (χ4n) is 1.20. The van der Waals surface area contributed by atoms with Gasteiger partial charge in [-0.05, 0) is 6.42 Å². The van der Waals surface area contributed by atoms with Crippen LogP contribution in [0.3, 0.4) is 0 Å². The first-order chi connectivity index (χ1) is 5.81. The average molecular weight is 277 g/mol. The Labute approximate surface area is 115 Å². The van der Waals surface area contributed by atoms with E-state index in [1.54, 1.807) is 7.11 Å². The Morgan fingerprint density at radius 3 is 2.50 bits per heavy atom. The molecule has 0 saturated carbocycles. The van der Waals surface area contributed by atoms with Gasteiger partial charge in [-0.25, -0.2) is 0 Å². The van der Waals surface area contributed by atoms with Gasteiger partial charge in [0.15, 0.2) is 0 Å². The number of hydrogen-bond donors (Lipinski definition) is 0. The van der Waals surface area contributed by atoms with Crippen molar-refractivity contribution in [2.24, 2.45) is 5.92 Å². The molecule has 0 N–H and O–H groups in total. The van der Waals surface area contributed by atoms with E-state index in [-0.39, 0.29) is 40.0 Å². The summed E-state index contributed by atoms with van der Waals surface area (Å²) in [5, 5.41) is 0. The topological polar surface area (TPSA) is 18.5 Å². The Bertz CT molecular complexity index is 94.2. The Morgan fingerprint density at radius 1 is 1.36 bits per heavy atom. The molecule has 0 spiro atoms. The molecule has 4 heteroatoms. The van der Waals surface area contributed by atoms with Gasteiger partial charge in [0.2, 0.25) is 0 Å². The summed E-state index contributed by atoms with van der Waals surface area (Å²) in [6.45, 7) is 5.63. The van der Waals surface area contributed by atoms with Crippen molar-refractivity contribution in [1.82, 2.24) is 0 Å². The molecular weight excluding hydrogens is 256 g/mol. The van der Waals surface area contributed by atoms with Crippen LogP contribution in [0.5, 0.6) is 0 Å². The van der Waals surface area contributed by atoms with Gasteiger partial charge in [-0.15, -0.1) is 0 Å². The molecule has 0 aliphatic carbocycles. The number of hydrogen-bond acceptors (Lipinski definition) is 2. The van der Waals surface area contributed by atoms with Crippen LogP contribution in [-0.4, -0.2) is 43.6 Å². The zero-order valence-corrected chi connectivity index (χ0v) is 12.6. The third kappa shape index (κ3) is 15.6. The molecule has 0 saturated heterocycles. The van der Waals surface area contributed by atoms with Crippen molar-refractivity contribution >= 4 is 23.1 Å². The SMILES string of the molecule is C[CH-]CC(C)CCCOCOC.[Br-].[Mg+2]. The van der Waals surface area contributed by atoms with E-state index in [9.17, 15) is 0 Å². The fraction of sp³-hybridized carbons (Fsp3) is 0.900. The van der Waals surface area contributed by atoms with Gasteiger partial charge in [-0.1, -0.05) is 19.3 Å². The minimum atomic E-state index is 0. The van der Waals surface area contributed by atoms with Crippen LogP contribution < -0.4 is 17.0 Å². The third-order valence-electron chi connectivity index (χ3n) is 1.82. The fourth-order valence-corrected chi connectivity index (χ4v) is 1.20. The van der Waals surface area contributed by atoms with Crippen molar-refractivity contribution in [3.63, 3.8) is 0 Å². The molecule has 0 aliphatic heterocycles. The van der Waals surface area contributed by atoms with Gasteiger partial charge < -0.3 is 32.9 Å². The molecule has 0 aromatic rings. The summed E-state index contributed by atoms with van der Waals surface area (Å²) in [5.74, 6) is 0.793. The summed E-state index contributed by atoms with van der Waals surface area (Å²) in [6, 6.07) is 0. The molecule has 2 nitrogen and oxygen atoms in total. The maximum absolute atomic E-state index is 5.18. The first-order valence-electron chi connectivity index (χ1n) is 4.65. The van der Waals surface area contributed by atoms with Gasteiger partial charge in [0, 0.05) is 13.7 Å². The van der Waals surface area contributed by atoms with Crippen molar-refractivity contribution in [2.45, 2.75) is 33.1 Å². The second-order valence-corrected chi connectivity index (χ2v) is 3.21. The third-order valence-corrected chi connectivity index (χ3v) is 1.82. The van der Waals surface area contributed by atoms with Crippen LogP contribution in [0.1, 0.15) is 33.1 Å². The molecular formula is C10H21BrMgO2. The minimum absolute atomic E-state index is 0. The Kier molecular flexibility index (Phi) is 24.4. The first kappa shape index (κ1) is 20.6. The molecule has 0 amide bonds. The molecule has 1 atom stereocenters. The van der Waals surface area contributed by atoms with E-state index in [0.717, 1.165) is 18.9 Å². The molecule has 0 aliphatic rings. The van der Waals surface area contributed by atoms with Gasteiger partial charge >= 0.3 is 23.1 Å². The second-order valence-electron chi connectivity index (χ2n) is 3.21. The monoisotopic (exact) mass is 276 g/mol. The predicted octanol–water partition coefficient (Wildman–Crippen LogP) is -0.739. The van der Waals surface area contributed by atoms with Gasteiger partial charge in [0.25, 0.3) is 0 Å². The Hall–Kier alpha value is 1.17. The van der Waals surface area contributed by atoms with Crippen LogP contribution in [0, 0.1) is 12.3 Å². The van der Waals surface area contributed by atoms with Gasteiger partial charge in [0.1, 0.15) is 6.79 Å². The molecule has 14 heavy (non-hydrogen) atoms. The quantitative estimate of drug-likeness (QED) is 0.252. The van der Waals surface area contributed by atoms with Crippen LogP contribution in [0.2, 0.25) is 0 Å². The van der Waals surface area contributed by atoms with E-state index < -0.39 is 0 Å². The maximum atomic E-state index is 5.18. The van der Waals surface area contributed by atoms with Crippen LogP contribution in [0.4, 0.5) is 0 Å². The molecule has 0 bridgehead atoms. The molecule has 0 radical (unpaired) electrons. The van der Waals surface area contributed by atoms with Crippen LogP contribution >= 0.6 is 0 Å². The van der Waals surface area contributed by atoms with E-state index in [1.165, 1.54) is 12.8 Å². The summed E-state index contributed by atoms with van der Waals surface area (Å²) in [6.07, 6.45) is 5.82. The smallest absolute Gasteiger partial charge is 1.00 e. The van der Waals surface area contributed by atoms with Crippen LogP contribution in [0.15, 0.2) is 0 Å². The number of halogens is 1. The van der Waals surface area contributed by atoms with E-state index in [1.807, 2.05) is 0 Å². The summed E-state index contributed by atoms with van der Waals surface area (Å²) >= 11 is 0. The average Bonchev–Trinajstić information content (AvgIpc) is 2.05. The predicted molar refractivity (Wildman–Crippen MR) is 56.6 cm³/mol. The van der Waals surface area contributed by atoms with E-state index in [4.69, 9.17) is 9.47 Å². The molecule has 0 aromatic heterocycles. The summed E-state index contributed by atoms with van der Waals surface area (Å²) in [4.78, 5) is 0. The van der Waals surface area contributed by atoms with Crippen LogP contribution in [0.25, 0.3) is 0 Å². The van der Waals surface area contributed by atoms with Crippen LogP contribution in [-0.2, 0) is 9.47 Å². The number of methoxy groups -OCH3 is 1. The van der Waals surface area contributed by atoms with Gasteiger partial charge in [-0.2, -0.15) is 13.3 Å². The second kappa shape index (κ2) is 16.6. The zero-order valence-electron chi connectivity index (χ0n) is 9.59. The van der Waals surface area contributed by atoms with Crippen molar-refractivity contribution < 1.29 is 26.5 Å². The Balaban J connectivity index is -0.000000605. The molecule has 82 valence electrons. The number of rotatable bonds is 8. The standard InChI is InChI=1S/C10H21O2.BrH.Mg/c1-4-6-10(2)7-5-8-12-9-11-3;;/h4,10H,5-9H2,1-3H3;1H;/q-1;;+2/p-1.